The van der Waals surface area contributed by atoms with E-state index in [0.717, 1.165) is 54.5 Å². The molecule has 0 saturated heterocycles. The Morgan fingerprint density at radius 2 is 1.95 bits per heavy atom. The van der Waals surface area contributed by atoms with E-state index >= 15 is 0 Å². The van der Waals surface area contributed by atoms with E-state index in [9.17, 15) is 0 Å². The molecule has 2 heterocycles. The van der Waals surface area contributed by atoms with Gasteiger partial charge in [0.15, 0.2) is 11.6 Å². The summed E-state index contributed by atoms with van der Waals surface area (Å²) in [5.74, 6) is 10.1. The SMILES string of the molecule is CCc1nc(CC)n(-c2nc(C3CC3)nc(NN)c2C)n1. The first-order valence-electron chi connectivity index (χ1n) is 7.48. The van der Waals surface area contributed by atoms with Gasteiger partial charge in [0.25, 0.3) is 0 Å². The zero-order valence-electron chi connectivity index (χ0n) is 12.7. The summed E-state index contributed by atoms with van der Waals surface area (Å²) in [7, 11) is 0. The van der Waals surface area contributed by atoms with Crippen LogP contribution in [0, 0.1) is 6.92 Å². The summed E-state index contributed by atoms with van der Waals surface area (Å²) in [4.78, 5) is 13.8. The zero-order chi connectivity index (χ0) is 15.0. The summed E-state index contributed by atoms with van der Waals surface area (Å²) in [5, 5.41) is 4.57. The lowest BCUT2D eigenvalue weighted by molar-refractivity contribution is 0.745. The summed E-state index contributed by atoms with van der Waals surface area (Å²) in [6.07, 6.45) is 3.90. The standard InChI is InChI=1S/C14H21N7/c1-4-10-16-11(5-2)21(20-10)14-8(3)12(19-15)17-13(18-14)9-6-7-9/h9H,4-7,15H2,1-3H3,(H,17,18,19). The Labute approximate surface area is 124 Å². The number of nitrogens with one attached hydrogen (secondary N) is 1. The number of nitrogens with zero attached hydrogens (tertiary/aromatic N) is 5. The Kier molecular flexibility index (Phi) is 3.59. The van der Waals surface area contributed by atoms with Gasteiger partial charge in [-0.1, -0.05) is 13.8 Å². The van der Waals surface area contributed by atoms with Crippen molar-refractivity contribution in [1.29, 1.82) is 0 Å². The molecule has 1 fully saturated rings. The molecule has 21 heavy (non-hydrogen) atoms. The van der Waals surface area contributed by atoms with Crippen molar-refractivity contribution in [1.82, 2.24) is 24.7 Å². The molecule has 0 atom stereocenters. The second kappa shape index (κ2) is 5.40. The highest BCUT2D eigenvalue weighted by molar-refractivity contribution is 5.51. The fourth-order valence-corrected chi connectivity index (χ4v) is 2.33. The topological polar surface area (TPSA) is 94.5 Å². The van der Waals surface area contributed by atoms with E-state index < -0.39 is 0 Å². The molecule has 0 spiro atoms. The third kappa shape index (κ3) is 2.49. The third-order valence-corrected chi connectivity index (χ3v) is 3.77. The van der Waals surface area contributed by atoms with Crippen LogP contribution in [0.2, 0.25) is 0 Å². The molecule has 1 saturated carbocycles. The summed E-state index contributed by atoms with van der Waals surface area (Å²) >= 11 is 0. The molecular formula is C14H21N7. The van der Waals surface area contributed by atoms with Crippen LogP contribution in [0.15, 0.2) is 0 Å². The van der Waals surface area contributed by atoms with Crippen molar-refractivity contribution >= 4 is 5.82 Å². The van der Waals surface area contributed by atoms with E-state index in [1.54, 1.807) is 0 Å². The van der Waals surface area contributed by atoms with Crippen LogP contribution < -0.4 is 11.3 Å². The number of nitrogens with two attached hydrogens (primary N) is 1. The normalized spacial score (nSPS) is 14.5. The van der Waals surface area contributed by atoms with Crippen LogP contribution in [-0.4, -0.2) is 24.7 Å². The molecule has 0 bridgehead atoms. The van der Waals surface area contributed by atoms with Crippen LogP contribution >= 0.6 is 0 Å². The molecule has 112 valence electrons. The number of rotatable bonds is 5. The lowest BCUT2D eigenvalue weighted by Crippen LogP contribution is -2.16. The van der Waals surface area contributed by atoms with Gasteiger partial charge in [-0.3, -0.25) is 0 Å². The second-order valence-corrected chi connectivity index (χ2v) is 5.36. The number of aryl methyl sites for hydroxylation is 2. The van der Waals surface area contributed by atoms with Gasteiger partial charge in [0.1, 0.15) is 17.5 Å². The molecule has 3 N–H and O–H groups in total. The van der Waals surface area contributed by atoms with Gasteiger partial charge in [-0.05, 0) is 19.8 Å². The highest BCUT2D eigenvalue weighted by atomic mass is 15.4. The molecule has 0 unspecified atom stereocenters. The highest BCUT2D eigenvalue weighted by Gasteiger charge is 2.29. The molecule has 0 aromatic carbocycles. The third-order valence-electron chi connectivity index (χ3n) is 3.77. The minimum atomic E-state index is 0.454. The first kappa shape index (κ1) is 13.9. The van der Waals surface area contributed by atoms with Gasteiger partial charge >= 0.3 is 0 Å². The number of aromatic nitrogens is 5. The molecule has 0 radical (unpaired) electrons. The molecule has 0 amide bonds. The summed E-state index contributed by atoms with van der Waals surface area (Å²) in [6, 6.07) is 0. The average Bonchev–Trinajstić information content (AvgIpc) is 3.27. The van der Waals surface area contributed by atoms with Crippen molar-refractivity contribution in [2.24, 2.45) is 5.84 Å². The molecule has 1 aliphatic carbocycles. The Hall–Kier alpha value is -2.02. The van der Waals surface area contributed by atoms with E-state index in [2.05, 4.69) is 34.3 Å². The van der Waals surface area contributed by atoms with Crippen LogP contribution in [0.5, 0.6) is 0 Å². The largest absolute Gasteiger partial charge is 0.308 e. The maximum Gasteiger partial charge on any atom is 0.164 e. The van der Waals surface area contributed by atoms with E-state index in [1.165, 1.54) is 0 Å². The summed E-state index contributed by atoms with van der Waals surface area (Å²) in [6.45, 7) is 6.07. The maximum absolute atomic E-state index is 5.60. The molecular weight excluding hydrogens is 266 g/mol. The van der Waals surface area contributed by atoms with Crippen molar-refractivity contribution in [3.8, 4) is 5.82 Å². The zero-order valence-corrected chi connectivity index (χ0v) is 12.7. The van der Waals surface area contributed by atoms with E-state index in [0.29, 0.717) is 11.7 Å². The van der Waals surface area contributed by atoms with Crippen molar-refractivity contribution in [2.45, 2.75) is 52.4 Å². The van der Waals surface area contributed by atoms with Gasteiger partial charge < -0.3 is 5.43 Å². The molecule has 2 aromatic heterocycles. The maximum atomic E-state index is 5.60. The van der Waals surface area contributed by atoms with Gasteiger partial charge in [-0.15, -0.1) is 5.10 Å². The minimum Gasteiger partial charge on any atom is -0.308 e. The van der Waals surface area contributed by atoms with Gasteiger partial charge in [0.2, 0.25) is 0 Å². The Balaban J connectivity index is 2.16. The van der Waals surface area contributed by atoms with E-state index in [1.807, 2.05) is 11.6 Å². The lowest BCUT2D eigenvalue weighted by Gasteiger charge is -2.12. The molecule has 0 aliphatic heterocycles. The van der Waals surface area contributed by atoms with E-state index in [4.69, 9.17) is 10.8 Å². The quantitative estimate of drug-likeness (QED) is 0.641. The van der Waals surface area contributed by atoms with Crippen LogP contribution in [0.3, 0.4) is 0 Å². The number of hydrogen-bond donors (Lipinski definition) is 2. The fraction of sp³-hybridized carbons (Fsp3) is 0.571. The molecule has 1 aliphatic rings. The Bertz CT molecular complexity index is 658. The molecule has 2 aromatic rings. The van der Waals surface area contributed by atoms with Crippen LogP contribution in [0.25, 0.3) is 5.82 Å². The van der Waals surface area contributed by atoms with Crippen molar-refractivity contribution in [3.63, 3.8) is 0 Å². The number of anilines is 1. The number of nitrogen functional groups attached to an aromatic ring is 1. The smallest absolute Gasteiger partial charge is 0.164 e. The average molecular weight is 287 g/mol. The monoisotopic (exact) mass is 287 g/mol. The predicted octanol–water partition coefficient (Wildman–Crippen LogP) is 1.65. The van der Waals surface area contributed by atoms with Gasteiger partial charge in [0, 0.05) is 24.3 Å². The number of hydrogen-bond acceptors (Lipinski definition) is 6. The van der Waals surface area contributed by atoms with Crippen LogP contribution in [0.4, 0.5) is 5.82 Å². The summed E-state index contributed by atoms with van der Waals surface area (Å²) in [5.41, 5.74) is 3.57. The highest BCUT2D eigenvalue weighted by Crippen LogP contribution is 2.39. The Morgan fingerprint density at radius 3 is 2.52 bits per heavy atom. The molecule has 7 nitrogen and oxygen atoms in total. The first-order chi connectivity index (χ1) is 10.2. The second-order valence-electron chi connectivity index (χ2n) is 5.36. The predicted molar refractivity (Wildman–Crippen MR) is 80.2 cm³/mol. The molecule has 3 rings (SSSR count). The van der Waals surface area contributed by atoms with Gasteiger partial charge in [-0.25, -0.2) is 20.8 Å². The van der Waals surface area contributed by atoms with Crippen LogP contribution in [0.1, 0.15) is 55.6 Å². The van der Waals surface area contributed by atoms with Crippen LogP contribution in [-0.2, 0) is 12.8 Å². The minimum absolute atomic E-state index is 0.454. The van der Waals surface area contributed by atoms with E-state index in [-0.39, 0.29) is 0 Å². The molecule has 7 heteroatoms. The van der Waals surface area contributed by atoms with Gasteiger partial charge in [0.05, 0.1) is 0 Å². The van der Waals surface area contributed by atoms with Crippen molar-refractivity contribution < 1.29 is 0 Å². The summed E-state index contributed by atoms with van der Waals surface area (Å²) < 4.78 is 1.84. The van der Waals surface area contributed by atoms with Gasteiger partial charge in [-0.2, -0.15) is 4.68 Å². The first-order valence-corrected chi connectivity index (χ1v) is 7.48. The number of hydrazine groups is 1. The lowest BCUT2D eigenvalue weighted by atomic mass is 10.2. The Morgan fingerprint density at radius 1 is 1.19 bits per heavy atom. The van der Waals surface area contributed by atoms with Crippen molar-refractivity contribution in [3.05, 3.63) is 23.0 Å². The fourth-order valence-electron chi connectivity index (χ4n) is 2.33. The van der Waals surface area contributed by atoms with Crippen molar-refractivity contribution in [2.75, 3.05) is 5.43 Å².